The van der Waals surface area contributed by atoms with Gasteiger partial charge in [-0.15, -0.1) is 0 Å². The highest BCUT2D eigenvalue weighted by Crippen LogP contribution is 2.56. The summed E-state index contributed by atoms with van der Waals surface area (Å²) in [4.78, 5) is 13.5. The van der Waals surface area contributed by atoms with E-state index in [1.807, 2.05) is 30.3 Å². The maximum atomic E-state index is 14.3. The van der Waals surface area contributed by atoms with E-state index in [2.05, 4.69) is 15.7 Å². The van der Waals surface area contributed by atoms with Crippen molar-refractivity contribution in [3.8, 4) is 0 Å². The van der Waals surface area contributed by atoms with Gasteiger partial charge in [-0.25, -0.2) is 4.68 Å². The minimum Gasteiger partial charge on any atom is -0.363 e. The van der Waals surface area contributed by atoms with Crippen LogP contribution in [0.3, 0.4) is 0 Å². The predicted molar refractivity (Wildman–Crippen MR) is 118 cm³/mol. The summed E-state index contributed by atoms with van der Waals surface area (Å²) in [6.45, 7) is 1.17. The van der Waals surface area contributed by atoms with Crippen LogP contribution in [0.1, 0.15) is 73.8 Å². The molecule has 5 aliphatic rings. The molecule has 2 atom stereocenters. The van der Waals surface area contributed by atoms with Crippen molar-refractivity contribution in [1.29, 1.82) is 0 Å². The number of alkyl halides is 3. The first-order valence-corrected chi connectivity index (χ1v) is 11.9. The monoisotopic (exact) mass is 458 g/mol. The largest absolute Gasteiger partial charge is 0.413 e. The van der Waals surface area contributed by atoms with Gasteiger partial charge in [-0.1, -0.05) is 30.3 Å². The van der Waals surface area contributed by atoms with E-state index in [0.29, 0.717) is 17.8 Å². The van der Waals surface area contributed by atoms with Crippen LogP contribution in [-0.2, 0) is 5.54 Å². The van der Waals surface area contributed by atoms with Gasteiger partial charge < -0.3 is 10.6 Å². The second-order valence-electron chi connectivity index (χ2n) is 11.1. The molecule has 4 saturated carbocycles. The maximum Gasteiger partial charge on any atom is 0.413 e. The van der Waals surface area contributed by atoms with Gasteiger partial charge in [0.15, 0.2) is 5.54 Å². The van der Waals surface area contributed by atoms with Crippen LogP contribution in [0.2, 0.25) is 0 Å². The van der Waals surface area contributed by atoms with E-state index in [4.69, 9.17) is 0 Å². The van der Waals surface area contributed by atoms with Crippen LogP contribution in [0.15, 0.2) is 36.5 Å². The maximum absolute atomic E-state index is 14.3. The lowest BCUT2D eigenvalue weighted by molar-refractivity contribution is -0.216. The first-order chi connectivity index (χ1) is 15.7. The molecule has 4 aliphatic carbocycles. The van der Waals surface area contributed by atoms with Gasteiger partial charge in [0.1, 0.15) is 11.4 Å². The summed E-state index contributed by atoms with van der Waals surface area (Å²) >= 11 is 0. The first-order valence-electron chi connectivity index (χ1n) is 11.9. The number of aromatic nitrogens is 2. The van der Waals surface area contributed by atoms with Gasteiger partial charge in [-0.05, 0) is 68.8 Å². The molecular formula is C25H29F3N4O. The lowest BCUT2D eigenvalue weighted by atomic mass is 9.53. The standard InChI is InChI=1S/C25H29F3N4O/c1-23(25(26,27)28)13-20(18-5-3-2-4-6-18)30-21-19(14-29-32(21)23)22(33)31-24-10-15-7-16(11-24)9-17(8-15)12-24/h2-6,14-17,20,30H,7-13H2,1H3,(H,31,33). The van der Waals surface area contributed by atoms with Crippen molar-refractivity contribution < 1.29 is 18.0 Å². The normalized spacial score (nSPS) is 36.8. The van der Waals surface area contributed by atoms with Crippen LogP contribution in [0.5, 0.6) is 0 Å². The average molecular weight is 459 g/mol. The predicted octanol–water partition coefficient (Wildman–Crippen LogP) is 5.42. The zero-order chi connectivity index (χ0) is 23.0. The Morgan fingerprint density at radius 1 is 1.06 bits per heavy atom. The van der Waals surface area contributed by atoms with Crippen molar-refractivity contribution >= 4 is 11.7 Å². The third kappa shape index (κ3) is 3.28. The SMILES string of the molecule is CC1(C(F)(F)F)CC(c2ccccc2)Nc2c(C(=O)NC34CC5CC(CC(C5)C3)C4)cnn21. The topological polar surface area (TPSA) is 59.0 Å². The lowest BCUT2D eigenvalue weighted by Crippen LogP contribution is -2.59. The molecule has 2 unspecified atom stereocenters. The summed E-state index contributed by atoms with van der Waals surface area (Å²) in [7, 11) is 0. The summed E-state index contributed by atoms with van der Waals surface area (Å²) < 4.78 is 43.9. The number of hydrogen-bond donors (Lipinski definition) is 2. The number of fused-ring (bicyclic) bond motifs is 1. The number of benzene rings is 1. The van der Waals surface area contributed by atoms with Crippen LogP contribution < -0.4 is 10.6 Å². The van der Waals surface area contributed by atoms with Crippen LogP contribution in [0.4, 0.5) is 19.0 Å². The molecular weight excluding hydrogens is 429 g/mol. The second-order valence-corrected chi connectivity index (χ2v) is 11.1. The van der Waals surface area contributed by atoms with E-state index in [0.717, 1.165) is 29.5 Å². The molecule has 1 amide bonds. The Morgan fingerprint density at radius 2 is 1.67 bits per heavy atom. The summed E-state index contributed by atoms with van der Waals surface area (Å²) in [5.41, 5.74) is -1.48. The number of hydrogen-bond acceptors (Lipinski definition) is 3. The summed E-state index contributed by atoms with van der Waals surface area (Å²) in [5.74, 6) is 1.81. The molecule has 1 aromatic heterocycles. The molecule has 0 saturated heterocycles. The van der Waals surface area contributed by atoms with Gasteiger partial charge >= 0.3 is 6.18 Å². The smallest absolute Gasteiger partial charge is 0.363 e. The van der Waals surface area contributed by atoms with Gasteiger partial charge in [0, 0.05) is 12.0 Å². The molecule has 4 fully saturated rings. The fourth-order valence-electron chi connectivity index (χ4n) is 7.42. The second kappa shape index (κ2) is 7.00. The van der Waals surface area contributed by atoms with Crippen LogP contribution >= 0.6 is 0 Å². The van der Waals surface area contributed by atoms with Crippen LogP contribution in [0, 0.1) is 17.8 Å². The van der Waals surface area contributed by atoms with E-state index >= 15 is 0 Å². The van der Waals surface area contributed by atoms with E-state index in [9.17, 15) is 18.0 Å². The zero-order valence-electron chi connectivity index (χ0n) is 18.7. The molecule has 176 valence electrons. The lowest BCUT2D eigenvalue weighted by Gasteiger charge is -2.56. The van der Waals surface area contributed by atoms with E-state index in [1.165, 1.54) is 32.4 Å². The molecule has 2 N–H and O–H groups in total. The quantitative estimate of drug-likeness (QED) is 0.646. The molecule has 8 heteroatoms. The van der Waals surface area contributed by atoms with Crippen LogP contribution in [0.25, 0.3) is 0 Å². The van der Waals surface area contributed by atoms with Crippen molar-refractivity contribution in [3.05, 3.63) is 47.7 Å². The minimum atomic E-state index is -4.52. The van der Waals surface area contributed by atoms with Gasteiger partial charge in [0.05, 0.1) is 12.2 Å². The number of halogens is 3. The highest BCUT2D eigenvalue weighted by atomic mass is 19.4. The molecule has 0 spiro atoms. The molecule has 4 bridgehead atoms. The number of nitrogens with one attached hydrogen (secondary N) is 2. The molecule has 0 radical (unpaired) electrons. The average Bonchev–Trinajstić information content (AvgIpc) is 3.17. The van der Waals surface area contributed by atoms with Crippen molar-refractivity contribution in [1.82, 2.24) is 15.1 Å². The van der Waals surface area contributed by atoms with Crippen molar-refractivity contribution in [2.45, 2.75) is 75.2 Å². The summed E-state index contributed by atoms with van der Waals surface area (Å²) in [6.07, 6.45) is 3.28. The van der Waals surface area contributed by atoms with Crippen LogP contribution in [-0.4, -0.2) is 27.4 Å². The van der Waals surface area contributed by atoms with E-state index in [-0.39, 0.29) is 29.2 Å². The molecule has 5 nitrogen and oxygen atoms in total. The zero-order valence-corrected chi connectivity index (χ0v) is 18.7. The molecule has 1 aliphatic heterocycles. The fourth-order valence-corrected chi connectivity index (χ4v) is 7.42. The molecule has 2 heterocycles. The Labute approximate surface area is 191 Å². The Morgan fingerprint density at radius 3 is 2.24 bits per heavy atom. The molecule has 7 rings (SSSR count). The number of carbonyl (C=O) groups is 1. The Bertz CT molecular complexity index is 1040. The summed E-state index contributed by atoms with van der Waals surface area (Å²) in [6, 6.07) is 8.52. The van der Waals surface area contributed by atoms with Crippen molar-refractivity contribution in [2.24, 2.45) is 17.8 Å². The Hall–Kier alpha value is -2.51. The number of nitrogens with zero attached hydrogens (tertiary/aromatic N) is 2. The van der Waals surface area contributed by atoms with Crippen molar-refractivity contribution in [3.63, 3.8) is 0 Å². The highest BCUT2D eigenvalue weighted by molar-refractivity contribution is 5.99. The van der Waals surface area contributed by atoms with Gasteiger partial charge in [0.25, 0.3) is 5.91 Å². The van der Waals surface area contributed by atoms with Gasteiger partial charge in [0.2, 0.25) is 0 Å². The van der Waals surface area contributed by atoms with E-state index in [1.54, 1.807) is 0 Å². The Kier molecular flexibility index (Phi) is 4.46. The van der Waals surface area contributed by atoms with Crippen molar-refractivity contribution in [2.75, 3.05) is 5.32 Å². The summed E-state index contributed by atoms with van der Waals surface area (Å²) in [5, 5.41) is 10.6. The first kappa shape index (κ1) is 21.1. The van der Waals surface area contributed by atoms with Gasteiger partial charge in [-0.3, -0.25) is 4.79 Å². The number of amides is 1. The fraction of sp³-hybridized carbons (Fsp3) is 0.600. The molecule has 2 aromatic rings. The Balaban J connectivity index is 1.34. The number of rotatable bonds is 3. The molecule has 1 aromatic carbocycles. The minimum absolute atomic E-state index is 0.150. The third-order valence-corrected chi connectivity index (χ3v) is 8.62. The third-order valence-electron chi connectivity index (χ3n) is 8.62. The van der Waals surface area contributed by atoms with E-state index < -0.39 is 17.8 Å². The number of carbonyl (C=O) groups excluding carboxylic acids is 1. The molecule has 33 heavy (non-hydrogen) atoms. The van der Waals surface area contributed by atoms with Gasteiger partial charge in [-0.2, -0.15) is 18.3 Å². The highest BCUT2D eigenvalue weighted by Gasteiger charge is 2.58. The number of anilines is 1.